The minimum absolute atomic E-state index is 0.212. The number of hydrogen-bond donors (Lipinski definition) is 1. The molecule has 0 amide bonds. The average Bonchev–Trinajstić information content (AvgIpc) is 2.46. The van der Waals surface area contributed by atoms with Crippen molar-refractivity contribution in [2.24, 2.45) is 0 Å². The van der Waals surface area contributed by atoms with Gasteiger partial charge < -0.3 is 5.11 Å². The van der Waals surface area contributed by atoms with Gasteiger partial charge in [0.15, 0.2) is 0 Å². The van der Waals surface area contributed by atoms with E-state index in [-0.39, 0.29) is 5.02 Å². The number of aliphatic hydroxyl groups excluding tert-OH is 1. The quantitative estimate of drug-likeness (QED) is 0.769. The smallest absolute Gasteiger partial charge is 0.124 e. The molecule has 1 heterocycles. The molecule has 0 fully saturated rings. The molecular weight excluding hydrogens is 277 g/mol. The molecule has 1 unspecified atom stereocenters. The topological polar surface area (TPSA) is 33.1 Å². The first-order chi connectivity index (χ1) is 9.66. The molecule has 0 saturated heterocycles. The fourth-order valence-corrected chi connectivity index (χ4v) is 2.55. The lowest BCUT2D eigenvalue weighted by Gasteiger charge is -2.15. The Labute approximate surface area is 120 Å². The Balaban J connectivity index is 2.15. The van der Waals surface area contributed by atoms with Gasteiger partial charge >= 0.3 is 0 Å². The van der Waals surface area contributed by atoms with Crippen molar-refractivity contribution in [2.75, 3.05) is 0 Å². The van der Waals surface area contributed by atoms with E-state index in [2.05, 4.69) is 4.98 Å². The summed E-state index contributed by atoms with van der Waals surface area (Å²) in [6.07, 6.45) is 2.50. The molecule has 0 saturated carbocycles. The molecule has 3 aromatic rings. The molecule has 0 aliphatic heterocycles. The van der Waals surface area contributed by atoms with E-state index in [1.165, 1.54) is 18.2 Å². The van der Waals surface area contributed by atoms with E-state index in [9.17, 15) is 9.50 Å². The van der Waals surface area contributed by atoms with Gasteiger partial charge in [-0.2, -0.15) is 0 Å². The Morgan fingerprint density at radius 1 is 1.10 bits per heavy atom. The van der Waals surface area contributed by atoms with Crippen molar-refractivity contribution in [3.8, 4) is 0 Å². The lowest BCUT2D eigenvalue weighted by atomic mass is 9.97. The van der Waals surface area contributed by atoms with Crippen LogP contribution in [0.4, 0.5) is 4.39 Å². The lowest BCUT2D eigenvalue weighted by Crippen LogP contribution is -2.02. The second kappa shape index (κ2) is 5.19. The number of aromatic nitrogens is 1. The summed E-state index contributed by atoms with van der Waals surface area (Å²) in [6.45, 7) is 0. The van der Waals surface area contributed by atoms with E-state index in [0.717, 1.165) is 16.3 Å². The number of rotatable bonds is 2. The normalized spacial score (nSPS) is 12.6. The zero-order chi connectivity index (χ0) is 14.1. The first-order valence-electron chi connectivity index (χ1n) is 6.12. The predicted molar refractivity (Wildman–Crippen MR) is 77.2 cm³/mol. The highest BCUT2D eigenvalue weighted by molar-refractivity contribution is 6.31. The number of fused-ring (bicyclic) bond motifs is 1. The van der Waals surface area contributed by atoms with Crippen molar-refractivity contribution in [1.29, 1.82) is 0 Å². The molecule has 0 aliphatic carbocycles. The van der Waals surface area contributed by atoms with Gasteiger partial charge in [-0.3, -0.25) is 4.98 Å². The predicted octanol–water partition coefficient (Wildman–Crippen LogP) is 4.11. The van der Waals surface area contributed by atoms with Crippen LogP contribution >= 0.6 is 11.6 Å². The van der Waals surface area contributed by atoms with Crippen LogP contribution in [0.5, 0.6) is 0 Å². The van der Waals surface area contributed by atoms with Crippen LogP contribution in [-0.2, 0) is 0 Å². The number of halogens is 2. The summed E-state index contributed by atoms with van der Waals surface area (Å²) in [6, 6.07) is 11.4. The Hall–Kier alpha value is -1.97. The molecule has 0 radical (unpaired) electrons. The highest BCUT2D eigenvalue weighted by Gasteiger charge is 2.16. The molecule has 1 N–H and O–H groups in total. The van der Waals surface area contributed by atoms with Crippen LogP contribution in [0.2, 0.25) is 5.02 Å². The summed E-state index contributed by atoms with van der Waals surface area (Å²) in [5.74, 6) is -0.423. The van der Waals surface area contributed by atoms with E-state index in [1.807, 2.05) is 24.3 Å². The van der Waals surface area contributed by atoms with Crippen molar-refractivity contribution in [3.63, 3.8) is 0 Å². The molecule has 1 atom stereocenters. The Morgan fingerprint density at radius 2 is 1.95 bits per heavy atom. The Kier molecular flexibility index (Phi) is 3.38. The highest BCUT2D eigenvalue weighted by atomic mass is 35.5. The second-order valence-corrected chi connectivity index (χ2v) is 4.92. The second-order valence-electron chi connectivity index (χ2n) is 4.51. The molecule has 4 heteroatoms. The molecule has 3 rings (SSSR count). The molecule has 0 aliphatic rings. The third-order valence-corrected chi connectivity index (χ3v) is 3.59. The fraction of sp³-hybridized carbons (Fsp3) is 0.0625. The van der Waals surface area contributed by atoms with Crippen LogP contribution in [-0.4, -0.2) is 10.1 Å². The minimum Gasteiger partial charge on any atom is -0.384 e. The number of benzene rings is 2. The van der Waals surface area contributed by atoms with Gasteiger partial charge in [-0.15, -0.1) is 0 Å². The van der Waals surface area contributed by atoms with Crippen LogP contribution in [0.3, 0.4) is 0 Å². The summed E-state index contributed by atoms with van der Waals surface area (Å²) in [5.41, 5.74) is 1.20. The maximum Gasteiger partial charge on any atom is 0.124 e. The summed E-state index contributed by atoms with van der Waals surface area (Å²) in [4.78, 5) is 4.06. The van der Waals surface area contributed by atoms with Crippen molar-refractivity contribution in [1.82, 2.24) is 4.98 Å². The van der Waals surface area contributed by atoms with Crippen molar-refractivity contribution in [3.05, 3.63) is 76.8 Å². The van der Waals surface area contributed by atoms with Crippen LogP contribution in [0, 0.1) is 5.82 Å². The van der Waals surface area contributed by atoms with Crippen molar-refractivity contribution in [2.45, 2.75) is 6.10 Å². The van der Waals surface area contributed by atoms with Crippen LogP contribution in [0.1, 0.15) is 17.2 Å². The largest absolute Gasteiger partial charge is 0.384 e. The SMILES string of the molecule is OC(c1ccc(F)cc1Cl)c1cccc2cnccc12. The molecular formula is C16H11ClFNO. The summed E-state index contributed by atoms with van der Waals surface area (Å²) in [5, 5.41) is 12.6. The van der Waals surface area contributed by atoms with Gasteiger partial charge in [0, 0.05) is 28.4 Å². The van der Waals surface area contributed by atoms with E-state index in [4.69, 9.17) is 11.6 Å². The molecule has 100 valence electrons. The van der Waals surface area contributed by atoms with Gasteiger partial charge in [0.2, 0.25) is 0 Å². The number of aliphatic hydroxyl groups is 1. The van der Waals surface area contributed by atoms with E-state index in [0.29, 0.717) is 5.56 Å². The Morgan fingerprint density at radius 3 is 2.75 bits per heavy atom. The third kappa shape index (κ3) is 2.26. The molecule has 20 heavy (non-hydrogen) atoms. The van der Waals surface area contributed by atoms with E-state index in [1.54, 1.807) is 12.4 Å². The summed E-state index contributed by atoms with van der Waals surface area (Å²) in [7, 11) is 0. The number of hydrogen-bond acceptors (Lipinski definition) is 2. The van der Waals surface area contributed by atoms with Crippen LogP contribution in [0.25, 0.3) is 10.8 Å². The van der Waals surface area contributed by atoms with Crippen LogP contribution in [0.15, 0.2) is 54.9 Å². The summed E-state index contributed by atoms with van der Waals surface area (Å²) < 4.78 is 13.1. The third-order valence-electron chi connectivity index (χ3n) is 3.27. The highest BCUT2D eigenvalue weighted by Crippen LogP contribution is 2.32. The van der Waals surface area contributed by atoms with Gasteiger partial charge in [0.05, 0.1) is 0 Å². The van der Waals surface area contributed by atoms with Gasteiger partial charge in [0.1, 0.15) is 11.9 Å². The molecule has 1 aromatic heterocycles. The standard InChI is InChI=1S/C16H11ClFNO/c17-15-8-11(18)4-5-14(15)16(20)13-3-1-2-10-9-19-7-6-12(10)13/h1-9,16,20H. The van der Waals surface area contributed by atoms with Gasteiger partial charge in [-0.1, -0.05) is 35.9 Å². The first kappa shape index (κ1) is 13.0. The van der Waals surface area contributed by atoms with Crippen molar-refractivity contribution < 1.29 is 9.50 Å². The zero-order valence-corrected chi connectivity index (χ0v) is 11.2. The molecule has 2 nitrogen and oxygen atoms in total. The van der Waals surface area contributed by atoms with Gasteiger partial charge in [-0.25, -0.2) is 4.39 Å². The number of nitrogens with zero attached hydrogens (tertiary/aromatic N) is 1. The fourth-order valence-electron chi connectivity index (χ4n) is 2.28. The first-order valence-corrected chi connectivity index (χ1v) is 6.50. The zero-order valence-electron chi connectivity index (χ0n) is 10.4. The molecule has 0 spiro atoms. The lowest BCUT2D eigenvalue weighted by molar-refractivity contribution is 0.222. The summed E-state index contributed by atoms with van der Waals surface area (Å²) >= 11 is 6.01. The maximum atomic E-state index is 13.1. The van der Waals surface area contributed by atoms with E-state index < -0.39 is 11.9 Å². The van der Waals surface area contributed by atoms with E-state index >= 15 is 0 Å². The monoisotopic (exact) mass is 287 g/mol. The molecule has 0 bridgehead atoms. The molecule has 2 aromatic carbocycles. The average molecular weight is 288 g/mol. The minimum atomic E-state index is -0.908. The van der Waals surface area contributed by atoms with Gasteiger partial charge in [-0.05, 0) is 29.1 Å². The van der Waals surface area contributed by atoms with Crippen molar-refractivity contribution >= 4 is 22.4 Å². The van der Waals surface area contributed by atoms with Crippen LogP contribution < -0.4 is 0 Å². The maximum absolute atomic E-state index is 13.1. The van der Waals surface area contributed by atoms with Gasteiger partial charge in [0.25, 0.3) is 0 Å². The Bertz CT molecular complexity index is 770. The number of pyridine rings is 1.